The molecule has 0 bridgehead atoms. The third kappa shape index (κ3) is 5.54. The molecule has 0 aliphatic carbocycles. The SMILES string of the molecule is CC[C@H](C)NC(=O)c1ccc(Cn2c(SCc3cccc(OC)c3)nc3ccncc32)cc1. The highest BCUT2D eigenvalue weighted by atomic mass is 32.2. The minimum absolute atomic E-state index is 0.0392. The normalized spacial score (nSPS) is 12.0. The molecule has 0 aliphatic heterocycles. The Morgan fingerprint density at radius 2 is 1.97 bits per heavy atom. The zero-order valence-corrected chi connectivity index (χ0v) is 19.9. The summed E-state index contributed by atoms with van der Waals surface area (Å²) < 4.78 is 7.53. The van der Waals surface area contributed by atoms with Crippen LogP contribution in [0.2, 0.25) is 0 Å². The number of hydrogen-bond acceptors (Lipinski definition) is 5. The number of carbonyl (C=O) groups is 1. The fraction of sp³-hybridized carbons (Fsp3) is 0.269. The van der Waals surface area contributed by atoms with E-state index in [0.717, 1.165) is 39.7 Å². The zero-order chi connectivity index (χ0) is 23.2. The Morgan fingerprint density at radius 1 is 1.15 bits per heavy atom. The van der Waals surface area contributed by atoms with Crippen molar-refractivity contribution < 1.29 is 9.53 Å². The maximum absolute atomic E-state index is 12.4. The van der Waals surface area contributed by atoms with Crippen LogP contribution in [0.4, 0.5) is 0 Å². The van der Waals surface area contributed by atoms with Crippen molar-refractivity contribution in [1.82, 2.24) is 19.9 Å². The summed E-state index contributed by atoms with van der Waals surface area (Å²) in [6.07, 6.45) is 4.52. The number of ether oxygens (including phenoxy) is 1. The predicted molar refractivity (Wildman–Crippen MR) is 133 cm³/mol. The number of imidazole rings is 1. The van der Waals surface area contributed by atoms with E-state index in [4.69, 9.17) is 9.72 Å². The van der Waals surface area contributed by atoms with Gasteiger partial charge in [-0.15, -0.1) is 0 Å². The van der Waals surface area contributed by atoms with Gasteiger partial charge >= 0.3 is 0 Å². The molecule has 4 aromatic rings. The summed E-state index contributed by atoms with van der Waals surface area (Å²) in [5.74, 6) is 1.59. The Labute approximate surface area is 198 Å². The number of benzene rings is 2. The van der Waals surface area contributed by atoms with Crippen molar-refractivity contribution in [3.63, 3.8) is 0 Å². The summed E-state index contributed by atoms with van der Waals surface area (Å²) in [7, 11) is 1.68. The van der Waals surface area contributed by atoms with Crippen LogP contribution in [0.15, 0.2) is 72.1 Å². The van der Waals surface area contributed by atoms with Crippen LogP contribution in [0.3, 0.4) is 0 Å². The molecule has 1 N–H and O–H groups in total. The van der Waals surface area contributed by atoms with Crippen LogP contribution in [0.1, 0.15) is 41.8 Å². The van der Waals surface area contributed by atoms with Crippen LogP contribution in [0, 0.1) is 0 Å². The lowest BCUT2D eigenvalue weighted by Crippen LogP contribution is -2.31. The maximum Gasteiger partial charge on any atom is 0.251 e. The second-order valence-corrected chi connectivity index (χ2v) is 8.91. The first-order valence-corrected chi connectivity index (χ1v) is 12.0. The molecule has 0 unspecified atom stereocenters. The van der Waals surface area contributed by atoms with E-state index in [1.54, 1.807) is 25.1 Å². The average molecular weight is 461 g/mol. The van der Waals surface area contributed by atoms with E-state index in [9.17, 15) is 4.79 Å². The highest BCUT2D eigenvalue weighted by Gasteiger charge is 2.13. The second kappa shape index (κ2) is 10.5. The van der Waals surface area contributed by atoms with Gasteiger partial charge in [-0.05, 0) is 54.8 Å². The Kier molecular flexibility index (Phi) is 7.29. The fourth-order valence-corrected chi connectivity index (χ4v) is 4.43. The lowest BCUT2D eigenvalue weighted by molar-refractivity contribution is 0.0939. The summed E-state index contributed by atoms with van der Waals surface area (Å²) in [5, 5.41) is 3.94. The molecule has 0 fully saturated rings. The van der Waals surface area contributed by atoms with Gasteiger partial charge in [0.2, 0.25) is 0 Å². The molecule has 0 saturated heterocycles. The molecule has 0 saturated carbocycles. The van der Waals surface area contributed by atoms with E-state index in [0.29, 0.717) is 12.1 Å². The topological polar surface area (TPSA) is 69.0 Å². The molecule has 0 spiro atoms. The number of thioether (sulfide) groups is 1. The summed E-state index contributed by atoms with van der Waals surface area (Å²) in [4.78, 5) is 21.5. The van der Waals surface area contributed by atoms with Crippen LogP contribution in [-0.2, 0) is 12.3 Å². The van der Waals surface area contributed by atoms with E-state index >= 15 is 0 Å². The quantitative estimate of drug-likeness (QED) is 0.343. The van der Waals surface area contributed by atoms with Gasteiger partial charge in [-0.2, -0.15) is 0 Å². The number of hydrogen-bond donors (Lipinski definition) is 1. The number of aromatic nitrogens is 3. The Balaban J connectivity index is 1.55. The highest BCUT2D eigenvalue weighted by molar-refractivity contribution is 7.98. The maximum atomic E-state index is 12.4. The number of rotatable bonds is 9. The van der Waals surface area contributed by atoms with Gasteiger partial charge in [-0.25, -0.2) is 4.98 Å². The second-order valence-electron chi connectivity index (χ2n) is 7.96. The molecule has 2 aromatic carbocycles. The molecule has 1 amide bonds. The number of nitrogens with one attached hydrogen (secondary N) is 1. The minimum atomic E-state index is -0.0392. The largest absolute Gasteiger partial charge is 0.497 e. The fourth-order valence-electron chi connectivity index (χ4n) is 3.47. The average Bonchev–Trinajstić information content (AvgIpc) is 3.20. The van der Waals surface area contributed by atoms with Crippen LogP contribution < -0.4 is 10.1 Å². The molecule has 170 valence electrons. The number of pyridine rings is 1. The van der Waals surface area contributed by atoms with E-state index in [-0.39, 0.29) is 11.9 Å². The first-order chi connectivity index (χ1) is 16.1. The van der Waals surface area contributed by atoms with Gasteiger partial charge in [0.05, 0.1) is 30.9 Å². The predicted octanol–water partition coefficient (Wildman–Crippen LogP) is 5.31. The molecule has 33 heavy (non-hydrogen) atoms. The van der Waals surface area contributed by atoms with Crippen molar-refractivity contribution >= 4 is 28.7 Å². The molecular formula is C26H28N4O2S. The van der Waals surface area contributed by atoms with Crippen LogP contribution in [0.25, 0.3) is 11.0 Å². The van der Waals surface area contributed by atoms with Crippen LogP contribution >= 0.6 is 11.8 Å². The summed E-state index contributed by atoms with van der Waals surface area (Å²) >= 11 is 1.69. The van der Waals surface area contributed by atoms with Crippen molar-refractivity contribution in [2.24, 2.45) is 0 Å². The zero-order valence-electron chi connectivity index (χ0n) is 19.1. The van der Waals surface area contributed by atoms with Crippen LogP contribution in [-0.4, -0.2) is 33.6 Å². The monoisotopic (exact) mass is 460 g/mol. The lowest BCUT2D eigenvalue weighted by atomic mass is 10.1. The first kappa shape index (κ1) is 22.9. The molecule has 0 aliphatic rings. The highest BCUT2D eigenvalue weighted by Crippen LogP contribution is 2.28. The van der Waals surface area contributed by atoms with Crippen molar-refractivity contribution in [2.75, 3.05) is 7.11 Å². The standard InChI is InChI=1S/C26H28N4O2S/c1-4-18(2)28-25(31)21-10-8-19(9-11-21)16-30-24-15-27-13-12-23(24)29-26(30)33-17-20-6-5-7-22(14-20)32-3/h5-15,18H,4,16-17H2,1-3H3,(H,28,31)/t18-/m0/s1. The summed E-state index contributed by atoms with van der Waals surface area (Å²) in [5.41, 5.74) is 4.85. The molecule has 6 nitrogen and oxygen atoms in total. The third-order valence-corrected chi connectivity index (χ3v) is 6.61. The van der Waals surface area contributed by atoms with Gasteiger partial charge in [0, 0.05) is 23.6 Å². The Bertz CT molecular complexity index is 1240. The lowest BCUT2D eigenvalue weighted by Gasteiger charge is -2.12. The van der Waals surface area contributed by atoms with Crippen LogP contribution in [0.5, 0.6) is 5.75 Å². The van der Waals surface area contributed by atoms with E-state index < -0.39 is 0 Å². The Morgan fingerprint density at radius 3 is 2.73 bits per heavy atom. The van der Waals surface area contributed by atoms with Crippen molar-refractivity contribution in [3.05, 3.63) is 83.7 Å². The van der Waals surface area contributed by atoms with Crippen molar-refractivity contribution in [2.45, 2.75) is 43.8 Å². The number of amides is 1. The number of carbonyl (C=O) groups excluding carboxylic acids is 1. The number of methoxy groups -OCH3 is 1. The van der Waals surface area contributed by atoms with Gasteiger partial charge < -0.3 is 14.6 Å². The molecule has 4 rings (SSSR count). The Hall–Kier alpha value is -3.32. The number of nitrogens with zero attached hydrogens (tertiary/aromatic N) is 3. The summed E-state index contributed by atoms with van der Waals surface area (Å²) in [6, 6.07) is 17.9. The van der Waals surface area contributed by atoms with Crippen molar-refractivity contribution in [1.29, 1.82) is 0 Å². The van der Waals surface area contributed by atoms with E-state index in [2.05, 4.69) is 27.9 Å². The number of fused-ring (bicyclic) bond motifs is 1. The van der Waals surface area contributed by atoms with E-state index in [1.807, 2.05) is 61.7 Å². The van der Waals surface area contributed by atoms with Gasteiger partial charge in [-0.1, -0.05) is 43.0 Å². The first-order valence-electron chi connectivity index (χ1n) is 11.0. The minimum Gasteiger partial charge on any atom is -0.497 e. The van der Waals surface area contributed by atoms with E-state index in [1.165, 1.54) is 5.56 Å². The smallest absolute Gasteiger partial charge is 0.251 e. The van der Waals surface area contributed by atoms with Gasteiger partial charge in [0.15, 0.2) is 5.16 Å². The molecule has 1 atom stereocenters. The molecule has 2 heterocycles. The molecule has 0 radical (unpaired) electrons. The third-order valence-electron chi connectivity index (χ3n) is 5.56. The molecular weight excluding hydrogens is 432 g/mol. The summed E-state index contributed by atoms with van der Waals surface area (Å²) in [6.45, 7) is 4.72. The van der Waals surface area contributed by atoms with Gasteiger partial charge in [0.1, 0.15) is 5.75 Å². The van der Waals surface area contributed by atoms with Crippen molar-refractivity contribution in [3.8, 4) is 5.75 Å². The molecule has 2 aromatic heterocycles. The molecule has 7 heteroatoms. The van der Waals surface area contributed by atoms with Gasteiger partial charge in [0.25, 0.3) is 5.91 Å². The van der Waals surface area contributed by atoms with Gasteiger partial charge in [-0.3, -0.25) is 9.78 Å².